The Morgan fingerprint density at radius 3 is 2.41 bits per heavy atom. The van der Waals surface area contributed by atoms with Crippen LogP contribution in [-0.2, 0) is 20.7 Å². The van der Waals surface area contributed by atoms with Gasteiger partial charge in [0.15, 0.2) is 0 Å². The lowest BCUT2D eigenvalue weighted by Gasteiger charge is -2.22. The van der Waals surface area contributed by atoms with E-state index in [9.17, 15) is 9.59 Å². The molecule has 5 heteroatoms. The molecule has 1 aromatic rings. The number of piperidine rings is 1. The number of Topliss-reactive ketones (excluding diaryl/α,β-unsaturated/α-hetero) is 1. The molecule has 1 aliphatic heterocycles. The van der Waals surface area contributed by atoms with Crippen LogP contribution in [-0.4, -0.2) is 30.4 Å². The van der Waals surface area contributed by atoms with E-state index >= 15 is 0 Å². The first-order valence-electron chi connectivity index (χ1n) is 7.41. The van der Waals surface area contributed by atoms with E-state index in [4.69, 9.17) is 11.6 Å². The highest BCUT2D eigenvalue weighted by molar-refractivity contribution is 6.30. The van der Waals surface area contributed by atoms with Gasteiger partial charge >= 0.3 is 0 Å². The Kier molecular flexibility index (Phi) is 7.56. The van der Waals surface area contributed by atoms with E-state index in [0.29, 0.717) is 31.1 Å². The van der Waals surface area contributed by atoms with Crippen molar-refractivity contribution in [1.29, 1.82) is 0 Å². The molecule has 0 spiro atoms. The summed E-state index contributed by atoms with van der Waals surface area (Å²) < 4.78 is 4.55. The molecule has 0 amide bonds. The molecule has 0 saturated carbocycles. The second kappa shape index (κ2) is 8.91. The maximum atomic E-state index is 11.3. The van der Waals surface area contributed by atoms with Crippen LogP contribution in [0.25, 0.3) is 0 Å². The molecule has 1 aromatic carbocycles. The highest BCUT2D eigenvalue weighted by Crippen LogP contribution is 2.14. The van der Waals surface area contributed by atoms with Crippen molar-refractivity contribution < 1.29 is 14.3 Å². The fourth-order valence-corrected chi connectivity index (χ4v) is 2.18. The predicted molar refractivity (Wildman–Crippen MR) is 88.1 cm³/mol. The van der Waals surface area contributed by atoms with Crippen molar-refractivity contribution in [3.05, 3.63) is 34.9 Å². The number of ketones is 1. The Hall–Kier alpha value is -1.39. The zero-order chi connectivity index (χ0) is 16.6. The van der Waals surface area contributed by atoms with Crippen LogP contribution in [0.2, 0.25) is 5.02 Å². The Morgan fingerprint density at radius 2 is 1.95 bits per heavy atom. The first-order valence-corrected chi connectivity index (χ1v) is 7.79. The molecule has 0 bridgehead atoms. The number of hydrogen-bond donors (Lipinski definition) is 1. The zero-order valence-electron chi connectivity index (χ0n) is 13.4. The highest BCUT2D eigenvalue weighted by Gasteiger charge is 2.18. The number of carbonyl (C=O) groups is 2. The summed E-state index contributed by atoms with van der Waals surface area (Å²) in [4.78, 5) is 20.9. The molecule has 1 aliphatic rings. The second-order valence-corrected chi connectivity index (χ2v) is 6.74. The number of halogens is 1. The molecule has 1 atom stereocenters. The van der Waals surface area contributed by atoms with Crippen molar-refractivity contribution in [2.45, 2.75) is 51.7 Å². The molecule has 1 fully saturated rings. The maximum Gasteiger partial charge on any atom is 0.293 e. The Balaban J connectivity index is 0.000000295. The van der Waals surface area contributed by atoms with Crippen LogP contribution in [0.4, 0.5) is 0 Å². The monoisotopic (exact) mass is 325 g/mol. The summed E-state index contributed by atoms with van der Waals surface area (Å²) in [6, 6.07) is 8.11. The van der Waals surface area contributed by atoms with Gasteiger partial charge in [-0.1, -0.05) is 23.7 Å². The largest absolute Gasteiger partial charge is 0.462 e. The number of hydrogen-bond acceptors (Lipinski definition) is 4. The molecular formula is C17H24ClNO3. The molecule has 122 valence electrons. The van der Waals surface area contributed by atoms with Crippen molar-refractivity contribution >= 4 is 23.9 Å². The highest BCUT2D eigenvalue weighted by atomic mass is 35.5. The minimum atomic E-state index is -0.318. The van der Waals surface area contributed by atoms with Gasteiger partial charge < -0.3 is 10.1 Å². The second-order valence-electron chi connectivity index (χ2n) is 6.30. The van der Waals surface area contributed by atoms with Gasteiger partial charge in [-0.05, 0) is 44.9 Å². The molecule has 22 heavy (non-hydrogen) atoms. The van der Waals surface area contributed by atoms with Crippen molar-refractivity contribution in [2.24, 2.45) is 0 Å². The van der Waals surface area contributed by atoms with Gasteiger partial charge in [0.25, 0.3) is 6.47 Å². The smallest absolute Gasteiger partial charge is 0.293 e. The first kappa shape index (κ1) is 18.7. The third-order valence-electron chi connectivity index (χ3n) is 3.11. The zero-order valence-corrected chi connectivity index (χ0v) is 14.2. The SMILES string of the molecule is CC(C)(C)OC=O.O=C1CCNC(Cc2ccc(Cl)cc2)C1. The Morgan fingerprint density at radius 1 is 1.32 bits per heavy atom. The quantitative estimate of drug-likeness (QED) is 0.867. The fourth-order valence-electron chi connectivity index (χ4n) is 2.06. The van der Waals surface area contributed by atoms with E-state index in [1.165, 1.54) is 5.56 Å². The number of ether oxygens (including phenoxy) is 1. The molecule has 1 N–H and O–H groups in total. The van der Waals surface area contributed by atoms with E-state index < -0.39 is 0 Å². The van der Waals surface area contributed by atoms with Gasteiger partial charge in [0.05, 0.1) is 0 Å². The molecule has 0 radical (unpaired) electrons. The van der Waals surface area contributed by atoms with Crippen LogP contribution in [0.5, 0.6) is 0 Å². The van der Waals surface area contributed by atoms with Crippen LogP contribution in [0.15, 0.2) is 24.3 Å². The van der Waals surface area contributed by atoms with E-state index in [0.717, 1.165) is 18.0 Å². The molecular weight excluding hydrogens is 302 g/mol. The van der Waals surface area contributed by atoms with Crippen molar-refractivity contribution in [1.82, 2.24) is 5.32 Å². The first-order chi connectivity index (χ1) is 10.3. The topological polar surface area (TPSA) is 55.4 Å². The minimum Gasteiger partial charge on any atom is -0.462 e. The summed E-state index contributed by atoms with van der Waals surface area (Å²) in [6.07, 6.45) is 2.24. The van der Waals surface area contributed by atoms with Crippen LogP contribution >= 0.6 is 11.6 Å². The van der Waals surface area contributed by atoms with Gasteiger partial charge in [-0.3, -0.25) is 9.59 Å². The summed E-state index contributed by atoms with van der Waals surface area (Å²) in [5, 5.41) is 4.11. The van der Waals surface area contributed by atoms with Gasteiger partial charge in [-0.25, -0.2) is 0 Å². The van der Waals surface area contributed by atoms with Gasteiger partial charge in [0.1, 0.15) is 11.4 Å². The van der Waals surface area contributed by atoms with E-state index in [-0.39, 0.29) is 5.60 Å². The van der Waals surface area contributed by atoms with Gasteiger partial charge in [0.2, 0.25) is 0 Å². The summed E-state index contributed by atoms with van der Waals surface area (Å²) in [7, 11) is 0. The van der Waals surface area contributed by atoms with Crippen LogP contribution in [0.3, 0.4) is 0 Å². The van der Waals surface area contributed by atoms with Crippen molar-refractivity contribution in [3.8, 4) is 0 Å². The molecule has 1 unspecified atom stereocenters. The van der Waals surface area contributed by atoms with Crippen LogP contribution < -0.4 is 5.32 Å². The summed E-state index contributed by atoms with van der Waals surface area (Å²) in [5.74, 6) is 0.368. The van der Waals surface area contributed by atoms with Crippen LogP contribution in [0.1, 0.15) is 39.2 Å². The molecule has 0 aliphatic carbocycles. The number of rotatable bonds is 3. The molecule has 2 rings (SSSR count). The molecule has 1 heterocycles. The molecule has 4 nitrogen and oxygen atoms in total. The average Bonchev–Trinajstić information content (AvgIpc) is 2.41. The standard InChI is InChI=1S/C12H14ClNO.C5H10O2/c13-10-3-1-9(2-4-10)7-11-8-12(15)5-6-14-11;1-5(2,3)7-4-6/h1-4,11,14H,5-8H2;4H,1-3H3. The predicted octanol–water partition coefficient (Wildman–Crippen LogP) is 3.16. The van der Waals surface area contributed by atoms with E-state index in [1.807, 2.05) is 45.0 Å². The number of benzene rings is 1. The molecule has 0 aromatic heterocycles. The normalized spacial score (nSPS) is 18.2. The summed E-state index contributed by atoms with van der Waals surface area (Å²) in [6.45, 7) is 6.74. The lowest BCUT2D eigenvalue weighted by Crippen LogP contribution is -2.39. The lowest BCUT2D eigenvalue weighted by atomic mass is 9.97. The van der Waals surface area contributed by atoms with Gasteiger partial charge in [0, 0.05) is 30.5 Å². The third-order valence-corrected chi connectivity index (χ3v) is 3.36. The lowest BCUT2D eigenvalue weighted by molar-refractivity contribution is -0.138. The fraction of sp³-hybridized carbons (Fsp3) is 0.529. The maximum absolute atomic E-state index is 11.3. The summed E-state index contributed by atoms with van der Waals surface area (Å²) in [5.41, 5.74) is 0.911. The minimum absolute atomic E-state index is 0.299. The third kappa shape index (κ3) is 8.15. The van der Waals surface area contributed by atoms with Gasteiger partial charge in [-0.15, -0.1) is 0 Å². The summed E-state index contributed by atoms with van der Waals surface area (Å²) >= 11 is 5.81. The van der Waals surface area contributed by atoms with E-state index in [2.05, 4.69) is 10.1 Å². The van der Waals surface area contributed by atoms with Crippen molar-refractivity contribution in [2.75, 3.05) is 6.54 Å². The van der Waals surface area contributed by atoms with Crippen LogP contribution in [0, 0.1) is 0 Å². The van der Waals surface area contributed by atoms with E-state index in [1.54, 1.807) is 0 Å². The Labute approximate surface area is 137 Å². The Bertz CT molecular complexity index is 480. The molecule has 1 saturated heterocycles. The van der Waals surface area contributed by atoms with Gasteiger partial charge in [-0.2, -0.15) is 0 Å². The average molecular weight is 326 g/mol. The number of nitrogens with one attached hydrogen (secondary N) is 1. The number of carbonyl (C=O) groups excluding carboxylic acids is 2. The van der Waals surface area contributed by atoms with Crippen molar-refractivity contribution in [3.63, 3.8) is 0 Å².